The van der Waals surface area contributed by atoms with E-state index in [2.05, 4.69) is 20.6 Å². The number of carbonyl (C=O) groups is 2. The number of para-hydroxylation sites is 1. The van der Waals surface area contributed by atoms with Crippen LogP contribution in [0, 0.1) is 12.8 Å². The van der Waals surface area contributed by atoms with Crippen molar-refractivity contribution in [2.24, 2.45) is 5.92 Å². The first-order valence-electron chi connectivity index (χ1n) is 9.95. The van der Waals surface area contributed by atoms with Crippen LogP contribution in [0.5, 0.6) is 0 Å². The summed E-state index contributed by atoms with van der Waals surface area (Å²) < 4.78 is 0. The Balaban J connectivity index is 1.92. The molecule has 2 heterocycles. The Hall–Kier alpha value is -2.93. The number of fused-ring (bicyclic) bond motifs is 3. The lowest BCUT2D eigenvalue weighted by atomic mass is 9.97. The fraction of sp³-hybridized carbons (Fsp3) is 0.409. The van der Waals surface area contributed by atoms with Gasteiger partial charge in [0.1, 0.15) is 11.7 Å². The number of hydrogen-bond acceptors (Lipinski definition) is 4. The maximum absolute atomic E-state index is 13.0. The first-order chi connectivity index (χ1) is 13.8. The third-order valence-corrected chi connectivity index (χ3v) is 5.35. The smallest absolute Gasteiger partial charge is 0.270 e. The number of aliphatic hydroxyl groups is 1. The predicted octanol–water partition coefficient (Wildman–Crippen LogP) is 2.67. The van der Waals surface area contributed by atoms with E-state index in [1.54, 1.807) is 13.0 Å². The van der Waals surface area contributed by atoms with Gasteiger partial charge >= 0.3 is 0 Å². The normalized spacial score (nSPS) is 14.5. The number of aromatic amines is 1. The topological polar surface area (TPSA) is 107 Å². The molecule has 2 amide bonds. The van der Waals surface area contributed by atoms with Crippen LogP contribution in [0.1, 0.15) is 43.4 Å². The van der Waals surface area contributed by atoms with E-state index >= 15 is 0 Å². The average Bonchev–Trinajstić information content (AvgIpc) is 3.10. The van der Waals surface area contributed by atoms with Crippen LogP contribution >= 0.6 is 0 Å². The number of hydrogen-bond donors (Lipinski definition) is 4. The number of nitrogens with zero attached hydrogens (tertiary/aromatic N) is 1. The molecule has 0 saturated heterocycles. The van der Waals surface area contributed by atoms with E-state index in [9.17, 15) is 14.7 Å². The van der Waals surface area contributed by atoms with Gasteiger partial charge in [0, 0.05) is 22.3 Å². The molecular formula is C22H28N4O3. The zero-order valence-electron chi connectivity index (χ0n) is 17.2. The molecule has 0 bridgehead atoms. The molecule has 3 unspecified atom stereocenters. The number of aromatic nitrogens is 2. The molecule has 1 aromatic carbocycles. The largest absolute Gasteiger partial charge is 0.394 e. The van der Waals surface area contributed by atoms with Gasteiger partial charge in [-0.3, -0.25) is 9.59 Å². The molecule has 4 N–H and O–H groups in total. The van der Waals surface area contributed by atoms with E-state index < -0.39 is 11.9 Å². The highest BCUT2D eigenvalue weighted by Gasteiger charge is 2.28. The number of amides is 2. The molecule has 29 heavy (non-hydrogen) atoms. The maximum Gasteiger partial charge on any atom is 0.270 e. The minimum absolute atomic E-state index is 0.0669. The quantitative estimate of drug-likeness (QED) is 0.492. The van der Waals surface area contributed by atoms with Gasteiger partial charge in [-0.1, -0.05) is 38.5 Å². The summed E-state index contributed by atoms with van der Waals surface area (Å²) >= 11 is 0. The Kier molecular flexibility index (Phi) is 6.17. The van der Waals surface area contributed by atoms with E-state index in [1.165, 1.54) is 0 Å². The number of benzene rings is 1. The van der Waals surface area contributed by atoms with Gasteiger partial charge in [-0.05, 0) is 31.9 Å². The Morgan fingerprint density at radius 3 is 2.59 bits per heavy atom. The molecule has 7 nitrogen and oxygen atoms in total. The van der Waals surface area contributed by atoms with E-state index in [-0.39, 0.29) is 30.2 Å². The van der Waals surface area contributed by atoms with Crippen LogP contribution in [0.4, 0.5) is 0 Å². The lowest BCUT2D eigenvalue weighted by Gasteiger charge is -2.25. The Morgan fingerprint density at radius 2 is 1.90 bits per heavy atom. The first kappa shape index (κ1) is 20.8. The highest BCUT2D eigenvalue weighted by molar-refractivity contribution is 6.10. The average molecular weight is 396 g/mol. The number of H-pyrrole nitrogens is 1. The van der Waals surface area contributed by atoms with Crippen molar-refractivity contribution < 1.29 is 14.7 Å². The van der Waals surface area contributed by atoms with Crippen molar-refractivity contribution in [1.29, 1.82) is 0 Å². The minimum Gasteiger partial charge on any atom is -0.394 e. The van der Waals surface area contributed by atoms with Crippen molar-refractivity contribution in [2.45, 2.75) is 46.2 Å². The molecule has 0 aliphatic carbocycles. The molecule has 3 aromatic rings. The van der Waals surface area contributed by atoms with Gasteiger partial charge in [-0.15, -0.1) is 0 Å². The molecule has 0 radical (unpaired) electrons. The number of pyridine rings is 1. The molecule has 0 aliphatic rings. The van der Waals surface area contributed by atoms with E-state index in [4.69, 9.17) is 0 Å². The fourth-order valence-electron chi connectivity index (χ4n) is 3.42. The lowest BCUT2D eigenvalue weighted by Crippen LogP contribution is -2.52. The van der Waals surface area contributed by atoms with Crippen molar-refractivity contribution in [3.8, 4) is 0 Å². The first-order valence-corrected chi connectivity index (χ1v) is 9.95. The molecule has 0 aliphatic heterocycles. The van der Waals surface area contributed by atoms with Gasteiger partial charge in [0.05, 0.1) is 17.8 Å². The zero-order chi connectivity index (χ0) is 21.1. The van der Waals surface area contributed by atoms with Gasteiger partial charge in [0.25, 0.3) is 5.91 Å². The lowest BCUT2D eigenvalue weighted by molar-refractivity contribution is -0.125. The van der Waals surface area contributed by atoms with E-state index in [0.29, 0.717) is 0 Å². The molecular weight excluding hydrogens is 368 g/mol. The molecule has 3 rings (SSSR count). The van der Waals surface area contributed by atoms with Crippen LogP contribution in [0.2, 0.25) is 0 Å². The van der Waals surface area contributed by atoms with Gasteiger partial charge in [-0.25, -0.2) is 4.98 Å². The Bertz CT molecular complexity index is 1040. The third-order valence-electron chi connectivity index (χ3n) is 5.35. The van der Waals surface area contributed by atoms with Gasteiger partial charge in [0.2, 0.25) is 5.91 Å². The number of rotatable bonds is 7. The summed E-state index contributed by atoms with van der Waals surface area (Å²) in [6.07, 6.45) is 0.722. The van der Waals surface area contributed by atoms with Crippen molar-refractivity contribution in [1.82, 2.24) is 20.6 Å². The molecule has 0 spiro atoms. The fourth-order valence-corrected chi connectivity index (χ4v) is 3.42. The second kappa shape index (κ2) is 8.61. The molecule has 7 heteroatoms. The molecule has 3 atom stereocenters. The molecule has 154 valence electrons. The van der Waals surface area contributed by atoms with Gasteiger partial charge in [0.15, 0.2) is 0 Å². The summed E-state index contributed by atoms with van der Waals surface area (Å²) in [7, 11) is 0. The number of aryl methyl sites for hydroxylation is 1. The summed E-state index contributed by atoms with van der Waals surface area (Å²) in [5.74, 6) is -0.765. The second-order valence-corrected chi connectivity index (χ2v) is 7.61. The van der Waals surface area contributed by atoms with E-state index in [0.717, 1.165) is 33.9 Å². The van der Waals surface area contributed by atoms with Crippen LogP contribution < -0.4 is 10.6 Å². The SMILES string of the molecule is CCC(C)C(NC(=O)c1cc2c([nH]c3ccccc32)c(C)n1)C(=O)NC(C)CO. The molecule has 2 aromatic heterocycles. The van der Waals surface area contributed by atoms with Crippen molar-refractivity contribution in [2.75, 3.05) is 6.61 Å². The van der Waals surface area contributed by atoms with Crippen molar-refractivity contribution in [3.63, 3.8) is 0 Å². The monoisotopic (exact) mass is 396 g/mol. The van der Waals surface area contributed by atoms with Crippen LogP contribution in [0.3, 0.4) is 0 Å². The summed E-state index contributed by atoms with van der Waals surface area (Å²) in [6, 6.07) is 8.57. The zero-order valence-corrected chi connectivity index (χ0v) is 17.2. The standard InChI is InChI=1S/C22H28N4O3/c1-5-12(2)19(22(29)23-13(3)11-27)26-21(28)18-10-16-15-8-6-7-9-17(15)25-20(16)14(4)24-18/h6-10,12-13,19,25,27H,5,11H2,1-4H3,(H,23,29)(H,26,28). The van der Waals surface area contributed by atoms with E-state index in [1.807, 2.05) is 45.0 Å². The summed E-state index contributed by atoms with van der Waals surface area (Å²) in [6.45, 7) is 7.28. The number of carbonyl (C=O) groups excluding carboxylic acids is 2. The minimum atomic E-state index is -0.706. The van der Waals surface area contributed by atoms with Crippen LogP contribution in [-0.2, 0) is 4.79 Å². The molecule has 0 fully saturated rings. The number of nitrogens with one attached hydrogen (secondary N) is 3. The Labute approximate surface area is 169 Å². The summed E-state index contributed by atoms with van der Waals surface area (Å²) in [5.41, 5.74) is 2.88. The predicted molar refractivity (Wildman–Crippen MR) is 114 cm³/mol. The van der Waals surface area contributed by atoms with Crippen molar-refractivity contribution >= 4 is 33.6 Å². The highest BCUT2D eigenvalue weighted by Crippen LogP contribution is 2.27. The van der Waals surface area contributed by atoms with Crippen LogP contribution in [0.25, 0.3) is 21.8 Å². The third kappa shape index (κ3) is 4.24. The molecule has 0 saturated carbocycles. The Morgan fingerprint density at radius 1 is 1.17 bits per heavy atom. The summed E-state index contributed by atoms with van der Waals surface area (Å²) in [5, 5.41) is 16.7. The van der Waals surface area contributed by atoms with Crippen molar-refractivity contribution in [3.05, 3.63) is 41.7 Å². The summed E-state index contributed by atoms with van der Waals surface area (Å²) in [4.78, 5) is 33.4. The van der Waals surface area contributed by atoms with Gasteiger partial charge in [-0.2, -0.15) is 0 Å². The highest BCUT2D eigenvalue weighted by atomic mass is 16.3. The van der Waals surface area contributed by atoms with Crippen LogP contribution in [0.15, 0.2) is 30.3 Å². The second-order valence-electron chi connectivity index (χ2n) is 7.61. The number of aliphatic hydroxyl groups excluding tert-OH is 1. The maximum atomic E-state index is 13.0. The van der Waals surface area contributed by atoms with Crippen LogP contribution in [-0.4, -0.2) is 45.6 Å². The van der Waals surface area contributed by atoms with Gasteiger partial charge < -0.3 is 20.7 Å².